The van der Waals surface area contributed by atoms with Gasteiger partial charge in [0.15, 0.2) is 0 Å². The summed E-state index contributed by atoms with van der Waals surface area (Å²) in [4.78, 5) is 0. The van der Waals surface area contributed by atoms with Crippen LogP contribution in [0.2, 0.25) is 0 Å². The lowest BCUT2D eigenvalue weighted by Gasteiger charge is -2.31. The summed E-state index contributed by atoms with van der Waals surface area (Å²) in [6, 6.07) is 5.90. The molecule has 0 saturated heterocycles. The van der Waals surface area contributed by atoms with Crippen LogP contribution in [0.25, 0.3) is 0 Å². The van der Waals surface area contributed by atoms with Gasteiger partial charge in [0, 0.05) is 6.54 Å². The van der Waals surface area contributed by atoms with Crippen LogP contribution in [0.5, 0.6) is 5.75 Å². The molecule has 1 aromatic carbocycles. The number of aryl methyl sites for hydroxylation is 2. The first-order valence-corrected chi connectivity index (χ1v) is 7.32. The Morgan fingerprint density at radius 2 is 1.76 bits per heavy atom. The highest BCUT2D eigenvalue weighted by Gasteiger charge is 2.26. The van der Waals surface area contributed by atoms with E-state index in [1.165, 1.54) is 0 Å². The van der Waals surface area contributed by atoms with Crippen molar-refractivity contribution in [2.45, 2.75) is 38.8 Å². The molecular weight excluding hydrogens is 270 g/mol. The highest BCUT2D eigenvalue weighted by molar-refractivity contribution is 5.39. The Morgan fingerprint density at radius 1 is 1.19 bits per heavy atom. The third-order valence-corrected chi connectivity index (χ3v) is 3.82. The number of aliphatic hydroxyl groups is 3. The van der Waals surface area contributed by atoms with Gasteiger partial charge >= 0.3 is 0 Å². The number of hydrogen-bond donors (Lipinski definition) is 4. The van der Waals surface area contributed by atoms with Gasteiger partial charge in [-0.3, -0.25) is 0 Å². The summed E-state index contributed by atoms with van der Waals surface area (Å²) in [5, 5.41) is 31.7. The topological polar surface area (TPSA) is 82.0 Å². The molecule has 0 radical (unpaired) electrons. The predicted molar refractivity (Wildman–Crippen MR) is 82.6 cm³/mol. The third kappa shape index (κ3) is 4.97. The molecule has 0 heterocycles. The van der Waals surface area contributed by atoms with Crippen LogP contribution in [0, 0.1) is 13.8 Å². The lowest BCUT2D eigenvalue weighted by molar-refractivity contribution is 0.0566. The van der Waals surface area contributed by atoms with Crippen molar-refractivity contribution in [3.05, 3.63) is 29.3 Å². The molecule has 21 heavy (non-hydrogen) atoms. The van der Waals surface area contributed by atoms with Crippen LogP contribution in [0.1, 0.15) is 24.5 Å². The first kappa shape index (κ1) is 17.9. The summed E-state index contributed by atoms with van der Waals surface area (Å²) < 4.78 is 5.68. The minimum atomic E-state index is -0.750. The number of hydrogen-bond acceptors (Lipinski definition) is 5. The van der Waals surface area contributed by atoms with Crippen LogP contribution in [0.15, 0.2) is 18.2 Å². The molecule has 0 aliphatic carbocycles. The van der Waals surface area contributed by atoms with Crippen LogP contribution >= 0.6 is 0 Å². The van der Waals surface area contributed by atoms with Crippen molar-refractivity contribution in [3.63, 3.8) is 0 Å². The summed E-state index contributed by atoms with van der Waals surface area (Å²) in [6.07, 6.45) is -0.141. The van der Waals surface area contributed by atoms with E-state index in [0.29, 0.717) is 6.42 Å². The van der Waals surface area contributed by atoms with Gasteiger partial charge in [-0.1, -0.05) is 25.1 Å². The Balaban J connectivity index is 2.49. The molecule has 1 rings (SSSR count). The SMILES string of the molecule is CCC(CO)(CO)NCC(O)COc1c(C)cccc1C. The fourth-order valence-electron chi connectivity index (χ4n) is 2.11. The monoisotopic (exact) mass is 297 g/mol. The van der Waals surface area contributed by atoms with E-state index in [4.69, 9.17) is 4.74 Å². The van der Waals surface area contributed by atoms with E-state index in [1.807, 2.05) is 39.0 Å². The maximum Gasteiger partial charge on any atom is 0.125 e. The van der Waals surface area contributed by atoms with Crippen LogP contribution < -0.4 is 10.1 Å². The van der Waals surface area contributed by atoms with Crippen LogP contribution in [0.3, 0.4) is 0 Å². The van der Waals surface area contributed by atoms with Gasteiger partial charge in [-0.05, 0) is 31.4 Å². The molecule has 5 nitrogen and oxygen atoms in total. The lowest BCUT2D eigenvalue weighted by atomic mass is 9.98. The standard InChI is InChI=1S/C16H27NO4/c1-4-16(10-18,11-19)17-8-14(20)9-21-15-12(2)6-5-7-13(15)3/h5-7,14,17-20H,4,8-11H2,1-3H3. The summed E-state index contributed by atoms with van der Waals surface area (Å²) >= 11 is 0. The van der Waals surface area contributed by atoms with Gasteiger partial charge in [0.2, 0.25) is 0 Å². The Hall–Kier alpha value is -1.14. The number of nitrogens with one attached hydrogen (secondary N) is 1. The Bertz CT molecular complexity index is 404. The van der Waals surface area contributed by atoms with E-state index in [9.17, 15) is 15.3 Å². The molecule has 4 N–H and O–H groups in total. The Labute approximate surface area is 126 Å². The normalized spacial score (nSPS) is 13.2. The molecule has 0 aliphatic rings. The second-order valence-electron chi connectivity index (χ2n) is 5.52. The second-order valence-corrected chi connectivity index (χ2v) is 5.52. The maximum atomic E-state index is 9.99. The number of ether oxygens (including phenoxy) is 1. The summed E-state index contributed by atoms with van der Waals surface area (Å²) in [7, 11) is 0. The highest BCUT2D eigenvalue weighted by atomic mass is 16.5. The third-order valence-electron chi connectivity index (χ3n) is 3.82. The van der Waals surface area contributed by atoms with Gasteiger partial charge < -0.3 is 25.4 Å². The largest absolute Gasteiger partial charge is 0.490 e. The van der Waals surface area contributed by atoms with Gasteiger partial charge in [0.1, 0.15) is 18.5 Å². The first-order valence-electron chi connectivity index (χ1n) is 7.32. The highest BCUT2D eigenvalue weighted by Crippen LogP contribution is 2.22. The van der Waals surface area contributed by atoms with Crippen LogP contribution in [-0.4, -0.2) is 53.3 Å². The minimum Gasteiger partial charge on any atom is -0.490 e. The number of rotatable bonds is 9. The minimum absolute atomic E-state index is 0.162. The molecular formula is C16H27NO4. The van der Waals surface area contributed by atoms with Crippen molar-refractivity contribution < 1.29 is 20.1 Å². The van der Waals surface area contributed by atoms with Gasteiger partial charge in [0.05, 0.1) is 18.8 Å². The second kappa shape index (κ2) is 8.34. The van der Waals surface area contributed by atoms with Gasteiger partial charge in [-0.25, -0.2) is 0 Å². The molecule has 0 spiro atoms. The summed E-state index contributed by atoms with van der Waals surface area (Å²) in [5.41, 5.74) is 1.31. The fraction of sp³-hybridized carbons (Fsp3) is 0.625. The van der Waals surface area contributed by atoms with Crippen molar-refractivity contribution in [2.75, 3.05) is 26.4 Å². The molecule has 0 amide bonds. The zero-order valence-electron chi connectivity index (χ0n) is 13.1. The average Bonchev–Trinajstić information content (AvgIpc) is 2.49. The predicted octanol–water partition coefficient (Wildman–Crippen LogP) is 0.766. The van der Waals surface area contributed by atoms with Crippen molar-refractivity contribution in [3.8, 4) is 5.75 Å². The van der Waals surface area contributed by atoms with Gasteiger partial charge in [-0.2, -0.15) is 0 Å². The number of β-amino-alcohol motifs (C(OH)–C–C–N with tert-alkyl or cyclic N) is 1. The Morgan fingerprint density at radius 3 is 2.24 bits per heavy atom. The Kier molecular flexibility index (Phi) is 7.11. The van der Waals surface area contributed by atoms with Crippen molar-refractivity contribution in [2.24, 2.45) is 0 Å². The number of benzene rings is 1. The van der Waals surface area contributed by atoms with Gasteiger partial charge in [0.25, 0.3) is 0 Å². The lowest BCUT2D eigenvalue weighted by Crippen LogP contribution is -2.54. The molecule has 0 bridgehead atoms. The fourth-order valence-corrected chi connectivity index (χ4v) is 2.11. The molecule has 120 valence electrons. The van der Waals surface area contributed by atoms with E-state index >= 15 is 0 Å². The van der Waals surface area contributed by atoms with Crippen molar-refractivity contribution >= 4 is 0 Å². The van der Waals surface area contributed by atoms with Crippen LogP contribution in [-0.2, 0) is 0 Å². The quantitative estimate of drug-likeness (QED) is 0.541. The van der Waals surface area contributed by atoms with E-state index in [0.717, 1.165) is 16.9 Å². The molecule has 0 aromatic heterocycles. The van der Waals surface area contributed by atoms with Gasteiger partial charge in [-0.15, -0.1) is 0 Å². The summed E-state index contributed by atoms with van der Waals surface area (Å²) in [5.74, 6) is 0.794. The number of para-hydroxylation sites is 1. The van der Waals surface area contributed by atoms with Crippen molar-refractivity contribution in [1.82, 2.24) is 5.32 Å². The summed E-state index contributed by atoms with van der Waals surface area (Å²) in [6.45, 7) is 5.86. The molecule has 1 unspecified atom stereocenters. The zero-order chi connectivity index (χ0) is 15.9. The molecule has 1 aromatic rings. The molecule has 1 atom stereocenters. The average molecular weight is 297 g/mol. The van der Waals surface area contributed by atoms with E-state index < -0.39 is 11.6 Å². The zero-order valence-corrected chi connectivity index (χ0v) is 13.1. The molecule has 0 aliphatic heterocycles. The van der Waals surface area contributed by atoms with E-state index in [1.54, 1.807) is 0 Å². The molecule has 0 fully saturated rings. The van der Waals surface area contributed by atoms with E-state index in [2.05, 4.69) is 5.32 Å². The smallest absolute Gasteiger partial charge is 0.125 e. The first-order chi connectivity index (χ1) is 9.98. The number of aliphatic hydroxyl groups excluding tert-OH is 3. The molecule has 5 heteroatoms. The van der Waals surface area contributed by atoms with Crippen molar-refractivity contribution in [1.29, 1.82) is 0 Å². The maximum absolute atomic E-state index is 9.99. The van der Waals surface area contributed by atoms with E-state index in [-0.39, 0.29) is 26.4 Å². The van der Waals surface area contributed by atoms with Crippen LogP contribution in [0.4, 0.5) is 0 Å². The molecule has 0 saturated carbocycles.